The molecule has 1 aromatic carbocycles. The predicted molar refractivity (Wildman–Crippen MR) is 102 cm³/mol. The Labute approximate surface area is 170 Å². The molecule has 0 unspecified atom stereocenters. The number of esters is 1. The molecule has 2 aromatic rings. The van der Waals surface area contributed by atoms with E-state index in [1.165, 1.54) is 24.3 Å². The first kappa shape index (κ1) is 20.6. The fourth-order valence-corrected chi connectivity index (χ4v) is 4.23. The number of carbonyl (C=O) groups excluding carboxylic acids is 2. The minimum atomic E-state index is -3.97. The number of benzene rings is 1. The second-order valence-electron chi connectivity index (χ2n) is 5.67. The van der Waals surface area contributed by atoms with E-state index < -0.39 is 34.9 Å². The first-order valence-corrected chi connectivity index (χ1v) is 10.9. The molecule has 28 heavy (non-hydrogen) atoms. The molecular formula is C17H16ClNO7S2. The van der Waals surface area contributed by atoms with E-state index in [-0.39, 0.29) is 4.90 Å². The van der Waals surface area contributed by atoms with Crippen LogP contribution in [-0.2, 0) is 19.6 Å². The molecule has 2 heterocycles. The number of ketones is 1. The molecule has 0 radical (unpaired) electrons. The van der Waals surface area contributed by atoms with Crippen LogP contribution in [0.25, 0.3) is 0 Å². The molecule has 0 atom stereocenters. The second kappa shape index (κ2) is 8.91. The van der Waals surface area contributed by atoms with Crippen molar-refractivity contribution in [1.82, 2.24) is 4.72 Å². The minimum Gasteiger partial charge on any atom is -0.490 e. The maximum atomic E-state index is 12.4. The van der Waals surface area contributed by atoms with Crippen molar-refractivity contribution in [3.05, 3.63) is 39.5 Å². The predicted octanol–water partition coefficient (Wildman–Crippen LogP) is 2.27. The number of nitrogens with one attached hydrogen (secondary N) is 1. The summed E-state index contributed by atoms with van der Waals surface area (Å²) in [4.78, 5) is 23.9. The molecule has 0 saturated heterocycles. The summed E-state index contributed by atoms with van der Waals surface area (Å²) >= 11 is 6.81. The number of halogens is 1. The maximum absolute atomic E-state index is 12.4. The summed E-state index contributed by atoms with van der Waals surface area (Å²) < 4.78 is 43.1. The molecule has 0 fully saturated rings. The van der Waals surface area contributed by atoms with E-state index in [1.54, 1.807) is 6.07 Å². The lowest BCUT2D eigenvalue weighted by molar-refractivity contribution is -0.141. The highest BCUT2D eigenvalue weighted by molar-refractivity contribution is 7.89. The van der Waals surface area contributed by atoms with Crippen molar-refractivity contribution < 1.29 is 32.2 Å². The van der Waals surface area contributed by atoms with Gasteiger partial charge < -0.3 is 14.2 Å². The van der Waals surface area contributed by atoms with Gasteiger partial charge in [-0.3, -0.25) is 9.59 Å². The van der Waals surface area contributed by atoms with E-state index in [0.717, 1.165) is 11.3 Å². The van der Waals surface area contributed by atoms with Crippen molar-refractivity contribution in [1.29, 1.82) is 0 Å². The summed E-state index contributed by atoms with van der Waals surface area (Å²) in [6.07, 6.45) is 0.692. The van der Waals surface area contributed by atoms with Gasteiger partial charge in [0.1, 0.15) is 6.54 Å². The van der Waals surface area contributed by atoms with Crippen molar-refractivity contribution in [2.24, 2.45) is 0 Å². The molecular weight excluding hydrogens is 430 g/mol. The molecule has 1 aromatic heterocycles. The highest BCUT2D eigenvalue weighted by atomic mass is 35.5. The number of hydrogen-bond acceptors (Lipinski definition) is 8. The van der Waals surface area contributed by atoms with Crippen LogP contribution in [0.3, 0.4) is 0 Å². The van der Waals surface area contributed by atoms with E-state index in [2.05, 4.69) is 4.72 Å². The van der Waals surface area contributed by atoms with Crippen LogP contribution in [0.1, 0.15) is 16.1 Å². The van der Waals surface area contributed by atoms with Gasteiger partial charge in [0.15, 0.2) is 18.1 Å². The third-order valence-corrected chi connectivity index (χ3v) is 6.32. The Bertz CT molecular complexity index is 987. The van der Waals surface area contributed by atoms with Gasteiger partial charge in [0.05, 0.1) is 27.3 Å². The van der Waals surface area contributed by atoms with Crippen LogP contribution in [0, 0.1) is 0 Å². The van der Waals surface area contributed by atoms with Gasteiger partial charge in [-0.15, -0.1) is 11.3 Å². The van der Waals surface area contributed by atoms with Gasteiger partial charge in [-0.25, -0.2) is 8.42 Å². The molecule has 8 nitrogen and oxygen atoms in total. The first-order valence-electron chi connectivity index (χ1n) is 8.18. The quantitative estimate of drug-likeness (QED) is 0.514. The van der Waals surface area contributed by atoms with Gasteiger partial charge in [0.25, 0.3) is 0 Å². The molecule has 1 N–H and O–H groups in total. The lowest BCUT2D eigenvalue weighted by Gasteiger charge is -2.10. The van der Waals surface area contributed by atoms with Crippen LogP contribution in [0.4, 0.5) is 0 Å². The van der Waals surface area contributed by atoms with E-state index in [4.69, 9.17) is 25.8 Å². The van der Waals surface area contributed by atoms with Crippen LogP contribution >= 0.6 is 22.9 Å². The summed E-state index contributed by atoms with van der Waals surface area (Å²) in [6.45, 7) is -0.212. The Kier molecular flexibility index (Phi) is 6.55. The zero-order chi connectivity index (χ0) is 20.1. The average molecular weight is 446 g/mol. The Morgan fingerprint density at radius 3 is 2.61 bits per heavy atom. The van der Waals surface area contributed by atoms with E-state index >= 15 is 0 Å². The van der Waals surface area contributed by atoms with Gasteiger partial charge in [0.2, 0.25) is 15.8 Å². The zero-order valence-corrected chi connectivity index (χ0v) is 16.9. The van der Waals surface area contributed by atoms with Crippen LogP contribution in [0.2, 0.25) is 4.34 Å². The van der Waals surface area contributed by atoms with Gasteiger partial charge in [0, 0.05) is 12.5 Å². The lowest BCUT2D eigenvalue weighted by Crippen LogP contribution is -2.31. The average Bonchev–Trinajstić information content (AvgIpc) is 2.97. The highest BCUT2D eigenvalue weighted by Crippen LogP contribution is 2.31. The van der Waals surface area contributed by atoms with Crippen molar-refractivity contribution in [2.75, 3.05) is 26.4 Å². The monoisotopic (exact) mass is 445 g/mol. The normalized spacial score (nSPS) is 13.6. The molecule has 150 valence electrons. The molecule has 11 heteroatoms. The Balaban J connectivity index is 1.55. The number of carbonyl (C=O) groups is 2. The van der Waals surface area contributed by atoms with Crippen molar-refractivity contribution in [3.63, 3.8) is 0 Å². The van der Waals surface area contributed by atoms with Crippen molar-refractivity contribution in [3.8, 4) is 11.5 Å². The Morgan fingerprint density at radius 2 is 1.89 bits per heavy atom. The molecule has 3 rings (SSSR count). The Hall–Kier alpha value is -2.14. The molecule has 0 aliphatic carbocycles. The fraction of sp³-hybridized carbons (Fsp3) is 0.294. The number of sulfonamides is 1. The van der Waals surface area contributed by atoms with Crippen LogP contribution in [0.15, 0.2) is 35.2 Å². The summed E-state index contributed by atoms with van der Waals surface area (Å²) in [7, 11) is -3.97. The van der Waals surface area contributed by atoms with Crippen molar-refractivity contribution in [2.45, 2.75) is 11.3 Å². The summed E-state index contributed by atoms with van der Waals surface area (Å²) in [5.74, 6) is -0.517. The number of fused-ring (bicyclic) bond motifs is 1. The molecule has 0 saturated carbocycles. The molecule has 0 spiro atoms. The first-order chi connectivity index (χ1) is 13.3. The highest BCUT2D eigenvalue weighted by Gasteiger charge is 2.20. The third kappa shape index (κ3) is 5.22. The SMILES string of the molecule is O=C(CNS(=O)(=O)c1ccc2c(c1)OCCCO2)OCC(=O)c1ccc(Cl)s1. The largest absolute Gasteiger partial charge is 0.490 e. The number of ether oxygens (including phenoxy) is 3. The maximum Gasteiger partial charge on any atom is 0.321 e. The Morgan fingerprint density at radius 1 is 1.14 bits per heavy atom. The van der Waals surface area contributed by atoms with Gasteiger partial charge in [-0.1, -0.05) is 11.6 Å². The van der Waals surface area contributed by atoms with Gasteiger partial charge in [-0.2, -0.15) is 4.72 Å². The molecule has 1 aliphatic heterocycles. The van der Waals surface area contributed by atoms with E-state index in [9.17, 15) is 18.0 Å². The van der Waals surface area contributed by atoms with Crippen LogP contribution < -0.4 is 14.2 Å². The van der Waals surface area contributed by atoms with Gasteiger partial charge >= 0.3 is 5.97 Å². The topological polar surface area (TPSA) is 108 Å². The van der Waals surface area contributed by atoms with Crippen LogP contribution in [0.5, 0.6) is 11.5 Å². The summed E-state index contributed by atoms with van der Waals surface area (Å²) in [5.41, 5.74) is 0. The van der Waals surface area contributed by atoms with E-state index in [1.807, 2.05) is 0 Å². The summed E-state index contributed by atoms with van der Waals surface area (Å²) in [5, 5.41) is 0. The molecule has 0 amide bonds. The fourth-order valence-electron chi connectivity index (χ4n) is 2.28. The zero-order valence-electron chi connectivity index (χ0n) is 14.5. The third-order valence-electron chi connectivity index (χ3n) is 3.65. The molecule has 0 bridgehead atoms. The summed E-state index contributed by atoms with van der Waals surface area (Å²) in [6, 6.07) is 7.27. The molecule has 1 aliphatic rings. The second-order valence-corrected chi connectivity index (χ2v) is 9.15. The smallest absolute Gasteiger partial charge is 0.321 e. The number of rotatable bonds is 7. The minimum absolute atomic E-state index is 0.0751. The number of thiophene rings is 1. The van der Waals surface area contributed by atoms with Crippen molar-refractivity contribution >= 4 is 44.7 Å². The van der Waals surface area contributed by atoms with Crippen LogP contribution in [-0.4, -0.2) is 46.5 Å². The standard InChI is InChI=1S/C17H16ClNO7S2/c18-16-5-4-15(27-16)12(20)10-26-17(21)9-19-28(22,23)11-2-3-13-14(8-11)25-7-1-6-24-13/h2-5,8,19H,1,6-7,9-10H2. The number of Topliss-reactive ketones (excluding diaryl/α,β-unsaturated/α-hetero) is 1. The number of hydrogen-bond donors (Lipinski definition) is 1. The van der Waals surface area contributed by atoms with E-state index in [0.29, 0.717) is 40.3 Å². The van der Waals surface area contributed by atoms with Gasteiger partial charge in [-0.05, 0) is 24.3 Å². The lowest BCUT2D eigenvalue weighted by atomic mass is 10.3.